The maximum atomic E-state index is 5.85. The summed E-state index contributed by atoms with van der Waals surface area (Å²) in [5.74, 6) is 0.647. The number of aromatic nitrogens is 1. The van der Waals surface area contributed by atoms with Crippen molar-refractivity contribution >= 4 is 11.6 Å². The normalized spacial score (nSPS) is 11.1. The Kier molecular flexibility index (Phi) is 4.39. The van der Waals surface area contributed by atoms with Gasteiger partial charge in [-0.2, -0.15) is 0 Å². The predicted octanol–water partition coefficient (Wildman–Crippen LogP) is 3.84. The summed E-state index contributed by atoms with van der Waals surface area (Å²) in [6.45, 7) is 7.14. The van der Waals surface area contributed by atoms with E-state index in [2.05, 4.69) is 23.7 Å². The summed E-state index contributed by atoms with van der Waals surface area (Å²) in [5, 5.41) is 0.716. The molecule has 0 unspecified atom stereocenters. The van der Waals surface area contributed by atoms with Gasteiger partial charge in [0.25, 0.3) is 0 Å². The van der Waals surface area contributed by atoms with Crippen LogP contribution in [0.5, 0.6) is 0 Å². The molecule has 0 radical (unpaired) electrons. The molecule has 0 aliphatic heterocycles. The molecule has 3 nitrogen and oxygen atoms in total. The number of oxazole rings is 1. The maximum absolute atomic E-state index is 5.85. The van der Waals surface area contributed by atoms with Crippen LogP contribution in [-0.4, -0.2) is 23.0 Å². The molecule has 0 bridgehead atoms. The van der Waals surface area contributed by atoms with Crippen molar-refractivity contribution in [2.75, 3.05) is 13.1 Å². The third-order valence-electron chi connectivity index (χ3n) is 2.92. The van der Waals surface area contributed by atoms with Gasteiger partial charge in [-0.3, -0.25) is 4.90 Å². The van der Waals surface area contributed by atoms with Crippen LogP contribution in [0.2, 0.25) is 5.02 Å². The van der Waals surface area contributed by atoms with E-state index in [-0.39, 0.29) is 0 Å². The summed E-state index contributed by atoms with van der Waals surface area (Å²) in [4.78, 5) is 6.79. The minimum absolute atomic E-state index is 0.647. The Bertz CT molecular complexity index is 489. The SMILES string of the molecule is CCN(CC)Cc1coc(-c2ccc(Cl)cc2)n1. The second-order valence-electron chi connectivity index (χ2n) is 4.11. The van der Waals surface area contributed by atoms with Crippen molar-refractivity contribution in [3.8, 4) is 11.5 Å². The highest BCUT2D eigenvalue weighted by atomic mass is 35.5. The number of benzene rings is 1. The molecule has 18 heavy (non-hydrogen) atoms. The summed E-state index contributed by atoms with van der Waals surface area (Å²) < 4.78 is 5.50. The first-order valence-corrected chi connectivity index (χ1v) is 6.53. The zero-order valence-electron chi connectivity index (χ0n) is 10.7. The monoisotopic (exact) mass is 264 g/mol. The van der Waals surface area contributed by atoms with Crippen LogP contribution in [0.1, 0.15) is 19.5 Å². The summed E-state index contributed by atoms with van der Waals surface area (Å²) >= 11 is 5.85. The van der Waals surface area contributed by atoms with E-state index in [4.69, 9.17) is 16.0 Å². The highest BCUT2D eigenvalue weighted by Crippen LogP contribution is 2.21. The van der Waals surface area contributed by atoms with Gasteiger partial charge in [0.15, 0.2) is 0 Å². The first-order valence-electron chi connectivity index (χ1n) is 6.15. The largest absolute Gasteiger partial charge is 0.444 e. The number of rotatable bonds is 5. The molecule has 0 spiro atoms. The van der Waals surface area contributed by atoms with E-state index in [0.717, 1.165) is 30.9 Å². The van der Waals surface area contributed by atoms with Crippen molar-refractivity contribution in [1.82, 2.24) is 9.88 Å². The molecule has 0 amide bonds. The van der Waals surface area contributed by atoms with E-state index in [1.165, 1.54) is 0 Å². The van der Waals surface area contributed by atoms with Crippen LogP contribution in [0.3, 0.4) is 0 Å². The molecule has 0 atom stereocenters. The van der Waals surface area contributed by atoms with Gasteiger partial charge in [-0.25, -0.2) is 4.98 Å². The topological polar surface area (TPSA) is 29.3 Å². The smallest absolute Gasteiger partial charge is 0.226 e. The second-order valence-corrected chi connectivity index (χ2v) is 4.55. The zero-order chi connectivity index (χ0) is 13.0. The van der Waals surface area contributed by atoms with Gasteiger partial charge in [-0.1, -0.05) is 25.4 Å². The minimum atomic E-state index is 0.647. The summed E-state index contributed by atoms with van der Waals surface area (Å²) in [7, 11) is 0. The molecule has 1 aromatic heterocycles. The molecule has 1 heterocycles. The lowest BCUT2D eigenvalue weighted by molar-refractivity contribution is 0.292. The Labute approximate surface area is 112 Å². The Hall–Kier alpha value is -1.32. The van der Waals surface area contributed by atoms with Crippen molar-refractivity contribution < 1.29 is 4.42 Å². The van der Waals surface area contributed by atoms with Crippen LogP contribution in [0.25, 0.3) is 11.5 Å². The van der Waals surface area contributed by atoms with Gasteiger partial charge in [0, 0.05) is 17.1 Å². The molecule has 0 aliphatic rings. The number of hydrogen-bond donors (Lipinski definition) is 0. The van der Waals surface area contributed by atoms with E-state index in [1.54, 1.807) is 6.26 Å². The van der Waals surface area contributed by atoms with E-state index < -0.39 is 0 Å². The van der Waals surface area contributed by atoms with Gasteiger partial charge in [-0.05, 0) is 37.4 Å². The van der Waals surface area contributed by atoms with Crippen molar-refractivity contribution in [2.24, 2.45) is 0 Å². The third kappa shape index (κ3) is 3.12. The molecule has 0 fully saturated rings. The fraction of sp³-hybridized carbons (Fsp3) is 0.357. The average Bonchev–Trinajstić information content (AvgIpc) is 2.85. The van der Waals surface area contributed by atoms with Gasteiger partial charge < -0.3 is 4.42 Å². The zero-order valence-corrected chi connectivity index (χ0v) is 11.4. The number of hydrogen-bond acceptors (Lipinski definition) is 3. The quantitative estimate of drug-likeness (QED) is 0.822. The van der Waals surface area contributed by atoms with Gasteiger partial charge in [-0.15, -0.1) is 0 Å². The Balaban J connectivity index is 2.12. The Morgan fingerprint density at radius 2 is 1.83 bits per heavy atom. The van der Waals surface area contributed by atoms with Crippen LogP contribution in [0, 0.1) is 0 Å². The molecule has 4 heteroatoms. The van der Waals surface area contributed by atoms with Crippen molar-refractivity contribution in [3.63, 3.8) is 0 Å². The average molecular weight is 265 g/mol. The number of nitrogens with zero attached hydrogens (tertiary/aromatic N) is 2. The molecule has 0 aliphatic carbocycles. The van der Waals surface area contributed by atoms with Crippen molar-refractivity contribution in [3.05, 3.63) is 41.2 Å². The molecule has 2 aromatic rings. The van der Waals surface area contributed by atoms with Crippen LogP contribution >= 0.6 is 11.6 Å². The lowest BCUT2D eigenvalue weighted by atomic mass is 10.2. The minimum Gasteiger partial charge on any atom is -0.444 e. The van der Waals surface area contributed by atoms with Crippen LogP contribution in [0.15, 0.2) is 34.9 Å². The van der Waals surface area contributed by atoms with Crippen LogP contribution < -0.4 is 0 Å². The second kappa shape index (κ2) is 6.03. The van der Waals surface area contributed by atoms with E-state index in [1.807, 2.05) is 24.3 Å². The number of halogens is 1. The van der Waals surface area contributed by atoms with Gasteiger partial charge in [0.1, 0.15) is 6.26 Å². The standard InChI is InChI=1S/C14H17ClN2O/c1-3-17(4-2)9-13-10-18-14(16-13)11-5-7-12(15)8-6-11/h5-8,10H,3-4,9H2,1-2H3. The fourth-order valence-corrected chi connectivity index (χ4v) is 1.91. The molecular formula is C14H17ClN2O. The molecule has 0 saturated carbocycles. The highest BCUT2D eigenvalue weighted by molar-refractivity contribution is 6.30. The van der Waals surface area contributed by atoms with Crippen molar-refractivity contribution in [1.29, 1.82) is 0 Å². The third-order valence-corrected chi connectivity index (χ3v) is 3.17. The van der Waals surface area contributed by atoms with E-state index in [0.29, 0.717) is 10.9 Å². The van der Waals surface area contributed by atoms with E-state index in [9.17, 15) is 0 Å². The first-order chi connectivity index (χ1) is 8.72. The lowest BCUT2D eigenvalue weighted by Gasteiger charge is -2.15. The van der Waals surface area contributed by atoms with Gasteiger partial charge in [0.05, 0.1) is 5.69 Å². The predicted molar refractivity (Wildman–Crippen MR) is 73.6 cm³/mol. The molecule has 0 saturated heterocycles. The highest BCUT2D eigenvalue weighted by Gasteiger charge is 2.08. The van der Waals surface area contributed by atoms with Gasteiger partial charge in [0.2, 0.25) is 5.89 Å². The Morgan fingerprint density at radius 3 is 2.44 bits per heavy atom. The summed E-state index contributed by atoms with van der Waals surface area (Å²) in [6.07, 6.45) is 1.72. The Morgan fingerprint density at radius 1 is 1.17 bits per heavy atom. The van der Waals surface area contributed by atoms with E-state index >= 15 is 0 Å². The first kappa shape index (κ1) is 13.1. The van der Waals surface area contributed by atoms with Crippen LogP contribution in [-0.2, 0) is 6.54 Å². The lowest BCUT2D eigenvalue weighted by Crippen LogP contribution is -2.22. The molecule has 1 aromatic carbocycles. The fourth-order valence-electron chi connectivity index (χ4n) is 1.78. The molecule has 2 rings (SSSR count). The maximum Gasteiger partial charge on any atom is 0.226 e. The molecule has 0 N–H and O–H groups in total. The molecule has 96 valence electrons. The summed E-state index contributed by atoms with van der Waals surface area (Å²) in [5.41, 5.74) is 1.91. The van der Waals surface area contributed by atoms with Crippen LogP contribution in [0.4, 0.5) is 0 Å². The van der Waals surface area contributed by atoms with Gasteiger partial charge >= 0.3 is 0 Å². The molecular weight excluding hydrogens is 248 g/mol. The summed E-state index contributed by atoms with van der Waals surface area (Å²) in [6, 6.07) is 7.50. The van der Waals surface area contributed by atoms with Crippen molar-refractivity contribution in [2.45, 2.75) is 20.4 Å².